The predicted molar refractivity (Wildman–Crippen MR) is 108 cm³/mol. The minimum atomic E-state index is -0.752. The van der Waals surface area contributed by atoms with Crippen LogP contribution in [-0.2, 0) is 9.59 Å². The second-order valence-electron chi connectivity index (χ2n) is 7.22. The molecule has 0 saturated carbocycles. The fourth-order valence-electron chi connectivity index (χ4n) is 3.79. The molecule has 2 heterocycles. The molecule has 2 N–H and O–H groups in total. The van der Waals surface area contributed by atoms with Gasteiger partial charge in [0.25, 0.3) is 5.69 Å². The van der Waals surface area contributed by atoms with Crippen LogP contribution in [0.5, 0.6) is 0 Å². The number of carbonyl (C=O) groups excluding carboxylic acids is 3. The van der Waals surface area contributed by atoms with E-state index in [4.69, 9.17) is 5.73 Å². The number of thioether (sulfide) groups is 1. The minimum absolute atomic E-state index is 0.0114. The van der Waals surface area contributed by atoms with Crippen molar-refractivity contribution in [3.05, 3.63) is 33.9 Å². The summed E-state index contributed by atoms with van der Waals surface area (Å²) in [5.41, 5.74) is 4.96. The van der Waals surface area contributed by atoms with Gasteiger partial charge < -0.3 is 15.5 Å². The molecule has 3 amide bonds. The standard InChI is InChI=1S/C19H24N4O5S/c20-18(25)13-6-7-16(15(11-13)23(27)28)29-12-17(24)22-10-2-1-5-14(22)19(26)21-8-3-4-9-21/h6-7,11,14H,1-5,8-10,12H2,(H2,20,25). The van der Waals surface area contributed by atoms with Crippen molar-refractivity contribution < 1.29 is 19.3 Å². The molecule has 0 aliphatic carbocycles. The van der Waals surface area contributed by atoms with Crippen LogP contribution in [0.2, 0.25) is 0 Å². The number of benzene rings is 1. The number of nitro benzene ring substituents is 1. The summed E-state index contributed by atoms with van der Waals surface area (Å²) in [6, 6.07) is 3.51. The molecule has 0 spiro atoms. The van der Waals surface area contributed by atoms with Crippen molar-refractivity contribution in [3.63, 3.8) is 0 Å². The lowest BCUT2D eigenvalue weighted by atomic mass is 10.0. The first-order valence-electron chi connectivity index (χ1n) is 9.68. The number of piperidine rings is 1. The molecule has 0 radical (unpaired) electrons. The van der Waals surface area contributed by atoms with Crippen molar-refractivity contribution in [2.24, 2.45) is 5.73 Å². The second kappa shape index (κ2) is 9.25. The van der Waals surface area contributed by atoms with Crippen molar-refractivity contribution in [1.29, 1.82) is 0 Å². The molecule has 2 aliphatic rings. The highest BCUT2D eigenvalue weighted by Crippen LogP contribution is 2.31. The van der Waals surface area contributed by atoms with Crippen LogP contribution in [-0.4, -0.2) is 63.9 Å². The summed E-state index contributed by atoms with van der Waals surface area (Å²) in [5, 5.41) is 11.3. The normalized spacial score (nSPS) is 19.2. The van der Waals surface area contributed by atoms with Crippen LogP contribution in [0.25, 0.3) is 0 Å². The molecular formula is C19H24N4O5S. The maximum Gasteiger partial charge on any atom is 0.283 e. The van der Waals surface area contributed by atoms with Crippen LogP contribution in [0.3, 0.4) is 0 Å². The lowest BCUT2D eigenvalue weighted by Gasteiger charge is -2.36. The number of nitro groups is 1. The van der Waals surface area contributed by atoms with Crippen molar-refractivity contribution in [1.82, 2.24) is 9.80 Å². The molecule has 0 bridgehead atoms. The highest BCUT2D eigenvalue weighted by molar-refractivity contribution is 8.00. The van der Waals surface area contributed by atoms with Crippen molar-refractivity contribution in [3.8, 4) is 0 Å². The van der Waals surface area contributed by atoms with Crippen molar-refractivity contribution >= 4 is 35.2 Å². The summed E-state index contributed by atoms with van der Waals surface area (Å²) in [4.78, 5) is 51.4. The molecular weight excluding hydrogens is 396 g/mol. The van der Waals surface area contributed by atoms with Crippen LogP contribution < -0.4 is 5.73 Å². The van der Waals surface area contributed by atoms with Gasteiger partial charge in [-0.1, -0.05) is 0 Å². The van der Waals surface area contributed by atoms with Gasteiger partial charge in [0.1, 0.15) is 6.04 Å². The average Bonchev–Trinajstić information content (AvgIpc) is 3.26. The fourth-order valence-corrected chi connectivity index (χ4v) is 4.68. The number of amides is 3. The van der Waals surface area contributed by atoms with Crippen LogP contribution in [0.15, 0.2) is 23.1 Å². The molecule has 29 heavy (non-hydrogen) atoms. The van der Waals surface area contributed by atoms with Gasteiger partial charge in [-0.25, -0.2) is 0 Å². The fraction of sp³-hybridized carbons (Fsp3) is 0.526. The van der Waals surface area contributed by atoms with Gasteiger partial charge in [-0.15, -0.1) is 11.8 Å². The minimum Gasteiger partial charge on any atom is -0.366 e. The maximum atomic E-state index is 12.8. The van der Waals surface area contributed by atoms with E-state index in [1.54, 1.807) is 4.90 Å². The Morgan fingerprint density at radius 2 is 1.83 bits per heavy atom. The zero-order chi connectivity index (χ0) is 21.0. The maximum absolute atomic E-state index is 12.8. The third kappa shape index (κ3) is 4.87. The van der Waals surface area contributed by atoms with E-state index in [1.807, 2.05) is 4.90 Å². The Balaban J connectivity index is 1.69. The van der Waals surface area contributed by atoms with E-state index < -0.39 is 16.9 Å². The zero-order valence-corrected chi connectivity index (χ0v) is 16.9. The number of rotatable bonds is 6. The number of likely N-dealkylation sites (tertiary alicyclic amines) is 2. The molecule has 1 atom stereocenters. The van der Waals surface area contributed by atoms with Crippen LogP contribution in [0.1, 0.15) is 42.5 Å². The molecule has 0 aromatic heterocycles. The molecule has 3 rings (SSSR count). The molecule has 9 nitrogen and oxygen atoms in total. The molecule has 1 aromatic carbocycles. The van der Waals surface area contributed by atoms with Crippen LogP contribution in [0.4, 0.5) is 5.69 Å². The molecule has 2 aliphatic heterocycles. The lowest BCUT2D eigenvalue weighted by molar-refractivity contribution is -0.387. The largest absolute Gasteiger partial charge is 0.366 e. The van der Waals surface area contributed by atoms with Gasteiger partial charge in [-0.05, 0) is 44.2 Å². The summed E-state index contributed by atoms with van der Waals surface area (Å²) in [5.74, 6) is -0.962. The van der Waals surface area contributed by atoms with E-state index in [0.717, 1.165) is 56.6 Å². The van der Waals surface area contributed by atoms with Gasteiger partial charge in [0, 0.05) is 31.3 Å². The van der Waals surface area contributed by atoms with Crippen molar-refractivity contribution in [2.45, 2.75) is 43.0 Å². The quantitative estimate of drug-likeness (QED) is 0.425. The average molecular weight is 420 g/mol. The van der Waals surface area contributed by atoms with Crippen LogP contribution >= 0.6 is 11.8 Å². The molecule has 10 heteroatoms. The molecule has 1 unspecified atom stereocenters. The number of hydrogen-bond acceptors (Lipinski definition) is 6. The Hall–Kier alpha value is -2.62. The van der Waals surface area contributed by atoms with Gasteiger partial charge in [-0.2, -0.15) is 0 Å². The van der Waals surface area contributed by atoms with E-state index in [0.29, 0.717) is 13.0 Å². The lowest BCUT2D eigenvalue weighted by Crippen LogP contribution is -2.53. The Bertz CT molecular complexity index is 825. The molecule has 1 aromatic rings. The van der Waals surface area contributed by atoms with E-state index in [1.165, 1.54) is 12.1 Å². The van der Waals surface area contributed by atoms with Gasteiger partial charge in [0.2, 0.25) is 17.7 Å². The summed E-state index contributed by atoms with van der Waals surface area (Å²) in [6.45, 7) is 2.00. The Labute approximate surface area is 172 Å². The second-order valence-corrected chi connectivity index (χ2v) is 8.24. The molecule has 2 saturated heterocycles. The van der Waals surface area contributed by atoms with E-state index in [9.17, 15) is 24.5 Å². The highest BCUT2D eigenvalue weighted by atomic mass is 32.2. The first-order valence-corrected chi connectivity index (χ1v) is 10.7. The smallest absolute Gasteiger partial charge is 0.283 e. The highest BCUT2D eigenvalue weighted by Gasteiger charge is 2.35. The Morgan fingerprint density at radius 1 is 1.14 bits per heavy atom. The van der Waals surface area contributed by atoms with Gasteiger partial charge in [0.15, 0.2) is 0 Å². The SMILES string of the molecule is NC(=O)c1ccc(SCC(=O)N2CCCCC2C(=O)N2CCCC2)c([N+](=O)[O-])c1. The zero-order valence-electron chi connectivity index (χ0n) is 16.0. The Kier molecular flexibility index (Phi) is 6.73. The van der Waals surface area contributed by atoms with E-state index in [2.05, 4.69) is 0 Å². The number of carbonyl (C=O) groups is 3. The summed E-state index contributed by atoms with van der Waals surface area (Å²) >= 11 is 1.03. The summed E-state index contributed by atoms with van der Waals surface area (Å²) in [6.07, 6.45) is 4.38. The molecule has 2 fully saturated rings. The molecule has 156 valence electrons. The van der Waals surface area contributed by atoms with Crippen molar-refractivity contribution in [2.75, 3.05) is 25.4 Å². The third-order valence-electron chi connectivity index (χ3n) is 5.32. The van der Waals surface area contributed by atoms with E-state index >= 15 is 0 Å². The first kappa shape index (κ1) is 21.1. The monoisotopic (exact) mass is 420 g/mol. The first-order chi connectivity index (χ1) is 13.9. The number of hydrogen-bond donors (Lipinski definition) is 1. The van der Waals surface area contributed by atoms with E-state index in [-0.39, 0.29) is 33.7 Å². The summed E-state index contributed by atoms with van der Waals surface area (Å²) < 4.78 is 0. The topological polar surface area (TPSA) is 127 Å². The predicted octanol–water partition coefficient (Wildman–Crippen LogP) is 1.79. The van der Waals surface area contributed by atoms with Crippen LogP contribution in [0, 0.1) is 10.1 Å². The van der Waals surface area contributed by atoms with Gasteiger partial charge >= 0.3 is 0 Å². The Morgan fingerprint density at radius 3 is 2.48 bits per heavy atom. The number of nitrogens with zero attached hydrogens (tertiary/aromatic N) is 3. The number of nitrogens with two attached hydrogens (primary N) is 1. The third-order valence-corrected chi connectivity index (χ3v) is 6.36. The van der Waals surface area contributed by atoms with Gasteiger partial charge in [0.05, 0.1) is 15.6 Å². The summed E-state index contributed by atoms with van der Waals surface area (Å²) in [7, 11) is 0. The number of primary amides is 1. The van der Waals surface area contributed by atoms with Gasteiger partial charge in [-0.3, -0.25) is 24.5 Å².